The van der Waals surface area contributed by atoms with Gasteiger partial charge in [-0.1, -0.05) is 35.9 Å². The number of rotatable bonds is 5. The predicted molar refractivity (Wildman–Crippen MR) is 136 cm³/mol. The van der Waals surface area contributed by atoms with Gasteiger partial charge in [-0.2, -0.15) is 0 Å². The van der Waals surface area contributed by atoms with Crippen molar-refractivity contribution in [2.45, 2.75) is 6.92 Å². The van der Waals surface area contributed by atoms with Crippen LogP contribution in [-0.2, 0) is 4.74 Å². The molecule has 0 aliphatic carbocycles. The Labute approximate surface area is 206 Å². The van der Waals surface area contributed by atoms with Crippen molar-refractivity contribution >= 4 is 17.4 Å². The predicted octanol–water partition coefficient (Wildman–Crippen LogP) is 3.26. The molecule has 2 fully saturated rings. The van der Waals surface area contributed by atoms with Crippen molar-refractivity contribution < 1.29 is 14.3 Å². The summed E-state index contributed by atoms with van der Waals surface area (Å²) >= 11 is 0. The van der Waals surface area contributed by atoms with E-state index in [4.69, 9.17) is 14.5 Å². The largest absolute Gasteiger partial charge is 0.495 e. The van der Waals surface area contributed by atoms with Gasteiger partial charge in [0.2, 0.25) is 0 Å². The number of hydrogen-bond acceptors (Lipinski definition) is 7. The molecule has 2 aliphatic rings. The lowest BCUT2D eigenvalue weighted by Crippen LogP contribution is -2.48. The van der Waals surface area contributed by atoms with Crippen molar-refractivity contribution in [2.75, 3.05) is 69.4 Å². The summed E-state index contributed by atoms with van der Waals surface area (Å²) in [5.41, 5.74) is 3.73. The molecule has 182 valence electrons. The van der Waals surface area contributed by atoms with Crippen LogP contribution in [-0.4, -0.2) is 80.4 Å². The quantitative estimate of drug-likeness (QED) is 0.563. The summed E-state index contributed by atoms with van der Waals surface area (Å²) in [4.78, 5) is 29.4. The van der Waals surface area contributed by atoms with Crippen molar-refractivity contribution in [2.24, 2.45) is 0 Å². The highest BCUT2D eigenvalue weighted by atomic mass is 16.5. The molecule has 1 amide bonds. The number of amides is 1. The Bertz CT molecular complexity index is 1190. The van der Waals surface area contributed by atoms with Crippen LogP contribution in [0.25, 0.3) is 11.4 Å². The molecular formula is C27H31N5O3. The van der Waals surface area contributed by atoms with Crippen LogP contribution in [0.2, 0.25) is 0 Å². The topological polar surface area (TPSA) is 71.0 Å². The number of piperazine rings is 1. The SMILES string of the molecule is COc1ccccc1N1CCN(c2nc(-c3cccc(C)c3)ncc2C(=O)N2CCOCC2)CC1. The standard InChI is InChI=1S/C27H31N5O3/c1-20-6-5-7-21(18-20)25-28-19-22(27(33)32-14-16-35-17-15-32)26(29-25)31-12-10-30(11-13-31)23-8-3-4-9-24(23)34-2/h3-9,18-19H,10-17H2,1-2H3. The van der Waals surface area contributed by atoms with E-state index >= 15 is 0 Å². The zero-order valence-corrected chi connectivity index (χ0v) is 20.3. The van der Waals surface area contributed by atoms with Crippen molar-refractivity contribution in [1.29, 1.82) is 0 Å². The number of benzene rings is 2. The molecule has 0 N–H and O–H groups in total. The Morgan fingerprint density at radius 1 is 0.943 bits per heavy atom. The Hall–Kier alpha value is -3.65. The van der Waals surface area contributed by atoms with Crippen LogP contribution < -0.4 is 14.5 Å². The van der Waals surface area contributed by atoms with Crippen LogP contribution in [0.1, 0.15) is 15.9 Å². The molecule has 2 saturated heterocycles. The molecule has 0 bridgehead atoms. The van der Waals surface area contributed by atoms with Crippen LogP contribution in [0.3, 0.4) is 0 Å². The lowest BCUT2D eigenvalue weighted by Gasteiger charge is -2.38. The van der Waals surface area contributed by atoms with Gasteiger partial charge < -0.3 is 24.2 Å². The van der Waals surface area contributed by atoms with E-state index < -0.39 is 0 Å². The van der Waals surface area contributed by atoms with Gasteiger partial charge in [-0.05, 0) is 25.1 Å². The number of carbonyl (C=O) groups is 1. The number of anilines is 2. The average molecular weight is 474 g/mol. The third-order valence-electron chi connectivity index (χ3n) is 6.58. The summed E-state index contributed by atoms with van der Waals surface area (Å²) in [6, 6.07) is 16.2. The molecule has 0 saturated carbocycles. The molecule has 5 rings (SSSR count). The van der Waals surface area contributed by atoms with Crippen LogP contribution in [0.4, 0.5) is 11.5 Å². The molecule has 0 atom stereocenters. The van der Waals surface area contributed by atoms with E-state index in [1.807, 2.05) is 35.2 Å². The first kappa shape index (κ1) is 23.1. The van der Waals surface area contributed by atoms with Crippen LogP contribution in [0, 0.1) is 6.92 Å². The van der Waals surface area contributed by atoms with Crippen molar-refractivity contribution in [3.05, 3.63) is 65.9 Å². The number of methoxy groups -OCH3 is 1. The summed E-state index contributed by atoms with van der Waals surface area (Å²) in [6.07, 6.45) is 1.70. The molecule has 35 heavy (non-hydrogen) atoms. The molecule has 8 nitrogen and oxygen atoms in total. The van der Waals surface area contributed by atoms with E-state index in [2.05, 4.69) is 39.9 Å². The Balaban J connectivity index is 1.44. The second-order valence-corrected chi connectivity index (χ2v) is 8.85. The molecule has 3 aromatic rings. The molecular weight excluding hydrogens is 442 g/mol. The zero-order chi connectivity index (χ0) is 24.2. The third-order valence-corrected chi connectivity index (χ3v) is 6.58. The molecule has 8 heteroatoms. The van der Waals surface area contributed by atoms with Gasteiger partial charge in [-0.3, -0.25) is 4.79 Å². The van der Waals surface area contributed by atoms with Gasteiger partial charge in [0.1, 0.15) is 17.1 Å². The molecule has 2 aliphatic heterocycles. The lowest BCUT2D eigenvalue weighted by atomic mass is 10.1. The summed E-state index contributed by atoms with van der Waals surface area (Å²) in [6.45, 7) is 7.42. The van der Waals surface area contributed by atoms with Gasteiger partial charge in [-0.15, -0.1) is 0 Å². The number of hydrogen-bond donors (Lipinski definition) is 0. The lowest BCUT2D eigenvalue weighted by molar-refractivity contribution is 0.0302. The van der Waals surface area contributed by atoms with E-state index in [1.54, 1.807) is 13.3 Å². The van der Waals surface area contributed by atoms with Gasteiger partial charge in [-0.25, -0.2) is 9.97 Å². The van der Waals surface area contributed by atoms with Gasteiger partial charge in [0.05, 0.1) is 26.0 Å². The van der Waals surface area contributed by atoms with Gasteiger partial charge in [0.15, 0.2) is 5.82 Å². The van der Waals surface area contributed by atoms with E-state index in [0.717, 1.165) is 48.7 Å². The normalized spacial score (nSPS) is 16.3. The van der Waals surface area contributed by atoms with Gasteiger partial charge >= 0.3 is 0 Å². The first-order chi connectivity index (χ1) is 17.1. The van der Waals surface area contributed by atoms with E-state index in [9.17, 15) is 4.79 Å². The van der Waals surface area contributed by atoms with Crippen LogP contribution in [0.15, 0.2) is 54.7 Å². The number of para-hydroxylation sites is 2. The highest BCUT2D eigenvalue weighted by Crippen LogP contribution is 2.30. The third kappa shape index (κ3) is 4.93. The first-order valence-electron chi connectivity index (χ1n) is 12.1. The Kier molecular flexibility index (Phi) is 6.81. The summed E-state index contributed by atoms with van der Waals surface area (Å²) in [5, 5.41) is 0. The second-order valence-electron chi connectivity index (χ2n) is 8.85. The number of morpholine rings is 1. The maximum absolute atomic E-state index is 13.5. The van der Waals surface area contributed by atoms with Gasteiger partial charge in [0, 0.05) is 51.0 Å². The minimum atomic E-state index is -0.0359. The molecule has 1 aromatic heterocycles. The number of aromatic nitrogens is 2. The van der Waals surface area contributed by atoms with Crippen molar-refractivity contribution in [3.8, 4) is 17.1 Å². The van der Waals surface area contributed by atoms with Gasteiger partial charge in [0.25, 0.3) is 5.91 Å². The minimum Gasteiger partial charge on any atom is -0.495 e. The van der Waals surface area contributed by atoms with Crippen LogP contribution >= 0.6 is 0 Å². The summed E-state index contributed by atoms with van der Waals surface area (Å²) in [5.74, 6) is 2.17. The highest BCUT2D eigenvalue weighted by Gasteiger charge is 2.28. The van der Waals surface area contributed by atoms with E-state index in [0.29, 0.717) is 43.5 Å². The zero-order valence-electron chi connectivity index (χ0n) is 20.3. The van der Waals surface area contributed by atoms with E-state index in [-0.39, 0.29) is 5.91 Å². The van der Waals surface area contributed by atoms with E-state index in [1.165, 1.54) is 0 Å². The minimum absolute atomic E-state index is 0.0359. The van der Waals surface area contributed by atoms with Crippen LogP contribution in [0.5, 0.6) is 5.75 Å². The fourth-order valence-electron chi connectivity index (χ4n) is 4.67. The number of aryl methyl sites for hydroxylation is 1. The Morgan fingerprint density at radius 3 is 2.43 bits per heavy atom. The summed E-state index contributed by atoms with van der Waals surface area (Å²) < 4.78 is 11.0. The van der Waals surface area contributed by atoms with Crippen molar-refractivity contribution in [1.82, 2.24) is 14.9 Å². The maximum atomic E-state index is 13.5. The fraction of sp³-hybridized carbons (Fsp3) is 0.370. The number of nitrogens with zero attached hydrogens (tertiary/aromatic N) is 5. The fourth-order valence-corrected chi connectivity index (χ4v) is 4.67. The Morgan fingerprint density at radius 2 is 1.69 bits per heavy atom. The smallest absolute Gasteiger partial charge is 0.259 e. The molecule has 0 unspecified atom stereocenters. The second kappa shape index (κ2) is 10.3. The first-order valence-corrected chi connectivity index (χ1v) is 12.1. The monoisotopic (exact) mass is 473 g/mol. The summed E-state index contributed by atoms with van der Waals surface area (Å²) in [7, 11) is 1.70. The molecule has 0 radical (unpaired) electrons. The average Bonchev–Trinajstić information content (AvgIpc) is 2.93. The maximum Gasteiger partial charge on any atom is 0.259 e. The number of ether oxygens (including phenoxy) is 2. The highest BCUT2D eigenvalue weighted by molar-refractivity contribution is 5.99. The molecule has 0 spiro atoms. The van der Waals surface area contributed by atoms with Crippen molar-refractivity contribution in [3.63, 3.8) is 0 Å². The molecule has 2 aromatic carbocycles. The number of carbonyl (C=O) groups excluding carboxylic acids is 1. The molecule has 3 heterocycles.